The second kappa shape index (κ2) is 3.46. The summed E-state index contributed by atoms with van der Waals surface area (Å²) in [7, 11) is 0. The second-order valence-electron chi connectivity index (χ2n) is 3.68. The second-order valence-corrected chi connectivity index (χ2v) is 3.68. The predicted molar refractivity (Wildman–Crippen MR) is 53.0 cm³/mol. The molecule has 0 spiro atoms. The molecule has 0 amide bonds. The van der Waals surface area contributed by atoms with Crippen LogP contribution in [0, 0.1) is 0 Å². The normalized spacial score (nSPS) is 16.3. The quantitative estimate of drug-likeness (QED) is 0.825. The van der Waals surface area contributed by atoms with Gasteiger partial charge in [-0.15, -0.1) is 0 Å². The van der Waals surface area contributed by atoms with Crippen molar-refractivity contribution in [3.05, 3.63) is 24.3 Å². The van der Waals surface area contributed by atoms with Crippen molar-refractivity contribution >= 4 is 5.97 Å². The van der Waals surface area contributed by atoms with Crippen molar-refractivity contribution < 1.29 is 19.4 Å². The molecule has 4 heteroatoms. The molecule has 0 aromatic heterocycles. The maximum absolute atomic E-state index is 10.5. The molecule has 1 aromatic carbocycles. The first-order valence-electron chi connectivity index (χ1n) is 4.78. The van der Waals surface area contributed by atoms with Crippen molar-refractivity contribution in [3.63, 3.8) is 0 Å². The summed E-state index contributed by atoms with van der Waals surface area (Å²) in [6.07, 6.45) is 0.363. The van der Waals surface area contributed by atoms with Crippen LogP contribution in [-0.2, 0) is 4.79 Å². The van der Waals surface area contributed by atoms with E-state index in [9.17, 15) is 4.79 Å². The molecule has 0 saturated carbocycles. The average molecular weight is 208 g/mol. The molecule has 0 saturated heterocycles. The molecule has 1 aliphatic rings. The van der Waals surface area contributed by atoms with Crippen LogP contribution in [0.4, 0.5) is 0 Å². The highest BCUT2D eigenvalue weighted by atomic mass is 16.7. The summed E-state index contributed by atoms with van der Waals surface area (Å²) >= 11 is 0. The molecule has 0 bridgehead atoms. The van der Waals surface area contributed by atoms with Crippen molar-refractivity contribution in [2.75, 3.05) is 0 Å². The largest absolute Gasteiger partial charge is 0.481 e. The van der Waals surface area contributed by atoms with Gasteiger partial charge in [-0.2, -0.15) is 0 Å². The summed E-state index contributed by atoms with van der Waals surface area (Å²) < 4.78 is 11.1. The molecule has 80 valence electrons. The summed E-state index contributed by atoms with van der Waals surface area (Å²) in [6.45, 7) is 1.75. The third kappa shape index (κ3) is 2.03. The number of benzene rings is 1. The first kappa shape index (κ1) is 9.83. The molecule has 0 atom stereocenters. The van der Waals surface area contributed by atoms with Gasteiger partial charge in [0.15, 0.2) is 11.5 Å². The van der Waals surface area contributed by atoms with Crippen LogP contribution in [0.2, 0.25) is 0 Å². The number of fused-ring (bicyclic) bond motifs is 1. The van der Waals surface area contributed by atoms with E-state index in [4.69, 9.17) is 14.6 Å². The van der Waals surface area contributed by atoms with Crippen LogP contribution in [-0.4, -0.2) is 16.9 Å². The average Bonchev–Trinajstić information content (AvgIpc) is 2.52. The SMILES string of the molecule is CC1(CCC(=O)O)Oc2ccccc2O1. The lowest BCUT2D eigenvalue weighted by molar-refractivity contribution is -0.140. The van der Waals surface area contributed by atoms with E-state index in [2.05, 4.69) is 0 Å². The molecule has 0 radical (unpaired) electrons. The number of para-hydroxylation sites is 2. The van der Waals surface area contributed by atoms with E-state index < -0.39 is 11.8 Å². The monoisotopic (exact) mass is 208 g/mol. The summed E-state index contributed by atoms with van der Waals surface area (Å²) in [5.41, 5.74) is 0. The van der Waals surface area contributed by atoms with Crippen LogP contribution in [0.3, 0.4) is 0 Å². The Hall–Kier alpha value is -1.71. The van der Waals surface area contributed by atoms with E-state index in [-0.39, 0.29) is 6.42 Å². The number of aliphatic carboxylic acids is 1. The first-order valence-corrected chi connectivity index (χ1v) is 4.78. The molecule has 0 aliphatic carbocycles. The van der Waals surface area contributed by atoms with Crippen molar-refractivity contribution in [1.82, 2.24) is 0 Å². The van der Waals surface area contributed by atoms with E-state index in [1.807, 2.05) is 12.1 Å². The van der Waals surface area contributed by atoms with Crippen LogP contribution in [0.5, 0.6) is 11.5 Å². The van der Waals surface area contributed by atoms with Gasteiger partial charge in [0, 0.05) is 13.3 Å². The van der Waals surface area contributed by atoms with Crippen LogP contribution in [0.1, 0.15) is 19.8 Å². The first-order chi connectivity index (χ1) is 7.09. The van der Waals surface area contributed by atoms with Gasteiger partial charge >= 0.3 is 5.97 Å². The maximum Gasteiger partial charge on any atom is 0.303 e. The molecule has 1 N–H and O–H groups in total. The van der Waals surface area contributed by atoms with Gasteiger partial charge in [0.1, 0.15) is 0 Å². The molecule has 1 aromatic rings. The molecular weight excluding hydrogens is 196 g/mol. The molecular formula is C11H12O4. The Kier molecular flexibility index (Phi) is 2.26. The number of hydrogen-bond acceptors (Lipinski definition) is 3. The van der Waals surface area contributed by atoms with Crippen molar-refractivity contribution in [3.8, 4) is 11.5 Å². The molecule has 1 aliphatic heterocycles. The molecule has 1 heterocycles. The number of ether oxygens (including phenoxy) is 2. The van der Waals surface area contributed by atoms with Gasteiger partial charge in [-0.1, -0.05) is 12.1 Å². The zero-order valence-corrected chi connectivity index (χ0v) is 8.40. The molecule has 0 fully saturated rings. The highest BCUT2D eigenvalue weighted by Gasteiger charge is 2.36. The van der Waals surface area contributed by atoms with Gasteiger partial charge in [-0.3, -0.25) is 4.79 Å². The fourth-order valence-corrected chi connectivity index (χ4v) is 1.54. The van der Waals surface area contributed by atoms with E-state index in [1.54, 1.807) is 19.1 Å². The van der Waals surface area contributed by atoms with Gasteiger partial charge < -0.3 is 14.6 Å². The lowest BCUT2D eigenvalue weighted by Crippen LogP contribution is -2.35. The van der Waals surface area contributed by atoms with Crippen LogP contribution >= 0.6 is 0 Å². The number of carboxylic acid groups (broad SMARTS) is 1. The fraction of sp³-hybridized carbons (Fsp3) is 0.364. The minimum atomic E-state index is -0.848. The van der Waals surface area contributed by atoms with Gasteiger partial charge in [0.25, 0.3) is 0 Å². The Morgan fingerprint density at radius 1 is 1.33 bits per heavy atom. The zero-order chi connectivity index (χ0) is 10.9. The lowest BCUT2D eigenvalue weighted by Gasteiger charge is -2.21. The van der Waals surface area contributed by atoms with Crippen molar-refractivity contribution in [2.24, 2.45) is 0 Å². The Labute approximate surface area is 87.4 Å². The number of hydrogen-bond donors (Lipinski definition) is 1. The maximum atomic E-state index is 10.5. The Bertz CT molecular complexity index is 361. The minimum absolute atomic E-state index is 0.0322. The topological polar surface area (TPSA) is 55.8 Å². The Morgan fingerprint density at radius 3 is 2.33 bits per heavy atom. The number of carboxylic acids is 1. The lowest BCUT2D eigenvalue weighted by atomic mass is 10.2. The van der Waals surface area contributed by atoms with Crippen LogP contribution in [0.15, 0.2) is 24.3 Å². The van der Waals surface area contributed by atoms with E-state index >= 15 is 0 Å². The number of carbonyl (C=O) groups is 1. The summed E-state index contributed by atoms with van der Waals surface area (Å²) in [6, 6.07) is 7.32. The number of rotatable bonds is 3. The van der Waals surface area contributed by atoms with Crippen molar-refractivity contribution in [2.45, 2.75) is 25.6 Å². The van der Waals surface area contributed by atoms with Crippen molar-refractivity contribution in [1.29, 1.82) is 0 Å². The molecule has 4 nitrogen and oxygen atoms in total. The fourth-order valence-electron chi connectivity index (χ4n) is 1.54. The molecule has 2 rings (SSSR count). The van der Waals surface area contributed by atoms with Gasteiger partial charge in [-0.25, -0.2) is 0 Å². The Balaban J connectivity index is 2.07. The molecule has 0 unspecified atom stereocenters. The van der Waals surface area contributed by atoms with E-state index in [0.717, 1.165) is 0 Å². The third-order valence-electron chi connectivity index (χ3n) is 2.29. The summed E-state index contributed by atoms with van der Waals surface area (Å²) in [4.78, 5) is 10.5. The zero-order valence-electron chi connectivity index (χ0n) is 8.40. The van der Waals surface area contributed by atoms with E-state index in [0.29, 0.717) is 17.9 Å². The van der Waals surface area contributed by atoms with Crippen LogP contribution in [0.25, 0.3) is 0 Å². The van der Waals surface area contributed by atoms with E-state index in [1.165, 1.54) is 0 Å². The minimum Gasteiger partial charge on any atom is -0.481 e. The highest BCUT2D eigenvalue weighted by Crippen LogP contribution is 2.40. The smallest absolute Gasteiger partial charge is 0.303 e. The summed E-state index contributed by atoms with van der Waals surface area (Å²) in [5.74, 6) is -0.350. The highest BCUT2D eigenvalue weighted by molar-refractivity contribution is 5.66. The standard InChI is InChI=1S/C11H12O4/c1-11(7-6-10(12)13)14-8-4-2-3-5-9(8)15-11/h2-5H,6-7H2,1H3,(H,12,13). The summed E-state index contributed by atoms with van der Waals surface area (Å²) in [5, 5.41) is 8.59. The molecule has 15 heavy (non-hydrogen) atoms. The van der Waals surface area contributed by atoms with Gasteiger partial charge in [0.2, 0.25) is 5.79 Å². The predicted octanol–water partition coefficient (Wildman–Crippen LogP) is 2.04. The Morgan fingerprint density at radius 2 is 1.87 bits per heavy atom. The van der Waals surface area contributed by atoms with Gasteiger partial charge in [0.05, 0.1) is 6.42 Å². The van der Waals surface area contributed by atoms with Crippen LogP contribution < -0.4 is 9.47 Å². The van der Waals surface area contributed by atoms with Gasteiger partial charge in [-0.05, 0) is 12.1 Å². The third-order valence-corrected chi connectivity index (χ3v) is 2.29.